The Labute approximate surface area is 164 Å². The van der Waals surface area contributed by atoms with Gasteiger partial charge in [-0.05, 0) is 17.5 Å². The molecule has 0 bridgehead atoms. The molecule has 7 nitrogen and oxygen atoms in total. The molecule has 3 N–H and O–H groups in total. The number of rotatable bonds is 9. The maximum Gasteiger partial charge on any atom is 0.242 e. The van der Waals surface area contributed by atoms with E-state index in [1.54, 1.807) is 0 Å². The van der Waals surface area contributed by atoms with Crippen LogP contribution in [0.1, 0.15) is 18.1 Å². The SMILES string of the molecule is CC(=O)N(O)CC(Cc1ccccc1)C(=O)NCC(=O)NCc1ccccc1. The molecule has 0 heterocycles. The van der Waals surface area contributed by atoms with Crippen LogP contribution in [-0.2, 0) is 27.3 Å². The maximum absolute atomic E-state index is 12.5. The Kier molecular flexibility index (Phi) is 8.17. The molecule has 0 fully saturated rings. The quantitative estimate of drug-likeness (QED) is 0.452. The van der Waals surface area contributed by atoms with Gasteiger partial charge in [0.15, 0.2) is 0 Å². The molecule has 0 aliphatic heterocycles. The molecule has 3 amide bonds. The molecular formula is C21H25N3O4. The summed E-state index contributed by atoms with van der Waals surface area (Å²) >= 11 is 0. The van der Waals surface area contributed by atoms with E-state index in [1.807, 2.05) is 60.7 Å². The maximum atomic E-state index is 12.5. The zero-order valence-corrected chi connectivity index (χ0v) is 15.8. The van der Waals surface area contributed by atoms with Crippen LogP contribution in [0.3, 0.4) is 0 Å². The summed E-state index contributed by atoms with van der Waals surface area (Å²) in [6.45, 7) is 1.26. The van der Waals surface area contributed by atoms with Crippen molar-refractivity contribution >= 4 is 17.7 Å². The highest BCUT2D eigenvalue weighted by Gasteiger charge is 2.23. The molecule has 2 rings (SSSR count). The van der Waals surface area contributed by atoms with Crippen molar-refractivity contribution in [1.82, 2.24) is 15.7 Å². The van der Waals surface area contributed by atoms with Crippen molar-refractivity contribution in [1.29, 1.82) is 0 Å². The number of nitrogens with zero attached hydrogens (tertiary/aromatic N) is 1. The number of carbonyl (C=O) groups is 3. The van der Waals surface area contributed by atoms with E-state index in [2.05, 4.69) is 10.6 Å². The van der Waals surface area contributed by atoms with Crippen LogP contribution >= 0.6 is 0 Å². The Bertz CT molecular complexity index is 781. The first-order valence-electron chi connectivity index (χ1n) is 9.05. The summed E-state index contributed by atoms with van der Waals surface area (Å²) in [4.78, 5) is 35.9. The molecule has 1 unspecified atom stereocenters. The largest absolute Gasteiger partial charge is 0.350 e. The standard InChI is InChI=1S/C21H25N3O4/c1-16(25)24(28)15-19(12-17-8-4-2-5-9-17)21(27)23-14-20(26)22-13-18-10-6-3-7-11-18/h2-11,19,28H,12-15H2,1H3,(H,22,26)(H,23,27). The van der Waals surface area contributed by atoms with Crippen molar-refractivity contribution in [2.45, 2.75) is 19.9 Å². The van der Waals surface area contributed by atoms with Crippen LogP contribution in [0.4, 0.5) is 0 Å². The van der Waals surface area contributed by atoms with E-state index < -0.39 is 17.7 Å². The van der Waals surface area contributed by atoms with E-state index in [0.717, 1.165) is 11.1 Å². The monoisotopic (exact) mass is 383 g/mol. The van der Waals surface area contributed by atoms with E-state index >= 15 is 0 Å². The zero-order valence-electron chi connectivity index (χ0n) is 15.8. The van der Waals surface area contributed by atoms with Gasteiger partial charge >= 0.3 is 0 Å². The minimum atomic E-state index is -0.682. The number of nitrogens with one attached hydrogen (secondary N) is 2. The lowest BCUT2D eigenvalue weighted by Crippen LogP contribution is -2.44. The van der Waals surface area contributed by atoms with Gasteiger partial charge in [0.2, 0.25) is 17.7 Å². The van der Waals surface area contributed by atoms with Crippen molar-refractivity contribution in [2.24, 2.45) is 5.92 Å². The molecule has 0 aliphatic carbocycles. The van der Waals surface area contributed by atoms with Gasteiger partial charge in [-0.25, -0.2) is 5.06 Å². The van der Waals surface area contributed by atoms with Crippen molar-refractivity contribution < 1.29 is 19.6 Å². The second-order valence-electron chi connectivity index (χ2n) is 6.47. The van der Waals surface area contributed by atoms with Crippen LogP contribution in [0.2, 0.25) is 0 Å². The normalized spacial score (nSPS) is 11.4. The summed E-state index contributed by atoms with van der Waals surface area (Å²) in [5.74, 6) is -1.95. The predicted octanol–water partition coefficient (Wildman–Crippen LogP) is 1.52. The van der Waals surface area contributed by atoms with Gasteiger partial charge in [-0.1, -0.05) is 60.7 Å². The van der Waals surface area contributed by atoms with E-state index in [-0.39, 0.29) is 19.0 Å². The number of hydrogen-bond donors (Lipinski definition) is 3. The van der Waals surface area contributed by atoms with Gasteiger partial charge in [0.25, 0.3) is 0 Å². The lowest BCUT2D eigenvalue weighted by molar-refractivity contribution is -0.166. The van der Waals surface area contributed by atoms with E-state index in [4.69, 9.17) is 0 Å². The van der Waals surface area contributed by atoms with E-state index in [1.165, 1.54) is 6.92 Å². The van der Waals surface area contributed by atoms with Crippen molar-refractivity contribution in [2.75, 3.05) is 13.1 Å². The minimum absolute atomic E-state index is 0.151. The number of hydroxylamine groups is 2. The molecular weight excluding hydrogens is 358 g/mol. The molecule has 148 valence electrons. The molecule has 28 heavy (non-hydrogen) atoms. The molecule has 2 aromatic rings. The van der Waals surface area contributed by atoms with Gasteiger partial charge in [0.1, 0.15) is 0 Å². The molecule has 0 saturated carbocycles. The summed E-state index contributed by atoms with van der Waals surface area (Å²) < 4.78 is 0. The van der Waals surface area contributed by atoms with Gasteiger partial charge in [-0.3, -0.25) is 19.6 Å². The topological polar surface area (TPSA) is 98.7 Å². The first-order valence-corrected chi connectivity index (χ1v) is 9.05. The van der Waals surface area contributed by atoms with Gasteiger partial charge in [-0.2, -0.15) is 0 Å². The fraction of sp³-hybridized carbons (Fsp3) is 0.286. The Morgan fingerprint density at radius 3 is 2.07 bits per heavy atom. The molecule has 0 aromatic heterocycles. The first-order chi connectivity index (χ1) is 13.5. The average Bonchev–Trinajstić information content (AvgIpc) is 2.71. The number of amides is 3. The fourth-order valence-electron chi connectivity index (χ4n) is 2.65. The van der Waals surface area contributed by atoms with Crippen molar-refractivity contribution in [3.63, 3.8) is 0 Å². The molecule has 0 saturated heterocycles. The minimum Gasteiger partial charge on any atom is -0.350 e. The predicted molar refractivity (Wildman–Crippen MR) is 104 cm³/mol. The Balaban J connectivity index is 1.89. The van der Waals surface area contributed by atoms with Crippen LogP contribution in [-0.4, -0.2) is 41.1 Å². The molecule has 7 heteroatoms. The van der Waals surface area contributed by atoms with Crippen molar-refractivity contribution in [3.8, 4) is 0 Å². The van der Waals surface area contributed by atoms with Crippen LogP contribution in [0.5, 0.6) is 0 Å². The van der Waals surface area contributed by atoms with E-state index in [9.17, 15) is 19.6 Å². The highest BCUT2D eigenvalue weighted by atomic mass is 16.5. The molecule has 0 spiro atoms. The second kappa shape index (κ2) is 10.8. The first kappa shape index (κ1) is 21.1. The molecule has 1 atom stereocenters. The fourth-order valence-corrected chi connectivity index (χ4v) is 2.65. The Morgan fingerprint density at radius 1 is 0.929 bits per heavy atom. The Hall–Kier alpha value is -3.19. The number of carbonyl (C=O) groups excluding carboxylic acids is 3. The summed E-state index contributed by atoms with van der Waals surface area (Å²) in [6.07, 6.45) is 0.336. The highest BCUT2D eigenvalue weighted by Crippen LogP contribution is 2.11. The Morgan fingerprint density at radius 2 is 1.50 bits per heavy atom. The zero-order chi connectivity index (χ0) is 20.4. The molecule has 0 radical (unpaired) electrons. The average molecular weight is 383 g/mol. The third-order valence-corrected chi connectivity index (χ3v) is 4.21. The van der Waals surface area contributed by atoms with Gasteiger partial charge in [0, 0.05) is 13.5 Å². The molecule has 0 aliphatic rings. The summed E-state index contributed by atoms with van der Waals surface area (Å²) in [6, 6.07) is 18.7. The van der Waals surface area contributed by atoms with Crippen LogP contribution in [0, 0.1) is 5.92 Å². The number of benzene rings is 2. The van der Waals surface area contributed by atoms with Crippen LogP contribution < -0.4 is 10.6 Å². The third-order valence-electron chi connectivity index (χ3n) is 4.21. The summed E-state index contributed by atoms with van der Waals surface area (Å²) in [7, 11) is 0. The molecule has 2 aromatic carbocycles. The second-order valence-corrected chi connectivity index (χ2v) is 6.47. The van der Waals surface area contributed by atoms with Gasteiger partial charge in [0.05, 0.1) is 19.0 Å². The summed E-state index contributed by atoms with van der Waals surface area (Å²) in [5.41, 5.74) is 1.86. The third kappa shape index (κ3) is 7.20. The van der Waals surface area contributed by atoms with Crippen LogP contribution in [0.25, 0.3) is 0 Å². The van der Waals surface area contributed by atoms with Crippen molar-refractivity contribution in [3.05, 3.63) is 71.8 Å². The number of hydrogen-bond acceptors (Lipinski definition) is 4. The van der Waals surface area contributed by atoms with Crippen LogP contribution in [0.15, 0.2) is 60.7 Å². The lowest BCUT2D eigenvalue weighted by atomic mass is 9.98. The van der Waals surface area contributed by atoms with Gasteiger partial charge < -0.3 is 10.6 Å². The smallest absolute Gasteiger partial charge is 0.242 e. The summed E-state index contributed by atoms with van der Waals surface area (Å²) in [5, 5.41) is 15.6. The van der Waals surface area contributed by atoms with Gasteiger partial charge in [-0.15, -0.1) is 0 Å². The lowest BCUT2D eigenvalue weighted by Gasteiger charge is -2.21. The highest BCUT2D eigenvalue weighted by molar-refractivity contribution is 5.86. The van der Waals surface area contributed by atoms with E-state index in [0.29, 0.717) is 18.0 Å².